The van der Waals surface area contributed by atoms with Crippen LogP contribution in [-0.2, 0) is 23.8 Å². The number of Topliss-reactive ketones (excluding diaryl/α,β-unsaturated/α-hetero) is 1. The highest BCUT2D eigenvalue weighted by molar-refractivity contribution is 6.09. The fraction of sp³-hybridized carbons (Fsp3) is 0.462. The fourth-order valence-electron chi connectivity index (χ4n) is 9.09. The molecule has 0 aromatic heterocycles. The third kappa shape index (κ3) is 13.8. The predicted molar refractivity (Wildman–Crippen MR) is 236 cm³/mol. The molecule has 2 aliphatic rings. The highest BCUT2D eigenvalue weighted by atomic mass is 16.6. The summed E-state index contributed by atoms with van der Waals surface area (Å²) >= 11 is 0. The summed E-state index contributed by atoms with van der Waals surface area (Å²) < 4.78 is 22.8. The molecule has 2 unspecified atom stereocenters. The lowest BCUT2D eigenvalue weighted by Crippen LogP contribution is -2.30. The minimum Gasteiger partial charge on any atom is -0.491 e. The first-order chi connectivity index (χ1) is 29.3. The van der Waals surface area contributed by atoms with Crippen molar-refractivity contribution in [3.8, 4) is 5.75 Å². The third-order valence-electron chi connectivity index (χ3n) is 12.1. The molecule has 0 bridgehead atoms. The second-order valence-electron chi connectivity index (χ2n) is 16.2. The first-order valence-corrected chi connectivity index (χ1v) is 22.0. The lowest BCUT2D eigenvalue weighted by Gasteiger charge is -2.41. The molecule has 0 amide bonds. The number of ether oxygens (including phenoxy) is 4. The van der Waals surface area contributed by atoms with E-state index in [1.54, 1.807) is 50.4 Å². The Bertz CT molecular complexity index is 1890. The topological polar surface area (TPSA) is 105 Å². The summed E-state index contributed by atoms with van der Waals surface area (Å²) in [6.07, 6.45) is 9.18. The van der Waals surface area contributed by atoms with Crippen molar-refractivity contribution in [3.63, 3.8) is 0 Å². The molecular weight excluding hydrogens is 753 g/mol. The minimum atomic E-state index is -0.359. The molecule has 0 N–H and O–H groups in total. The molecule has 6 rings (SSSR count). The van der Waals surface area contributed by atoms with Crippen molar-refractivity contribution in [2.75, 3.05) is 33.5 Å². The molecule has 8 nitrogen and oxygen atoms in total. The summed E-state index contributed by atoms with van der Waals surface area (Å²) in [6.45, 7) is 6.65. The molecule has 2 saturated carbocycles. The molecule has 320 valence electrons. The second kappa shape index (κ2) is 24.4. The van der Waals surface area contributed by atoms with Crippen LogP contribution in [0, 0.1) is 23.7 Å². The first-order valence-electron chi connectivity index (χ1n) is 22.0. The Morgan fingerprint density at radius 1 is 0.567 bits per heavy atom. The van der Waals surface area contributed by atoms with Crippen LogP contribution in [0.15, 0.2) is 109 Å². The summed E-state index contributed by atoms with van der Waals surface area (Å²) in [4.78, 5) is 50.7. The van der Waals surface area contributed by atoms with Crippen molar-refractivity contribution < 1.29 is 38.1 Å². The van der Waals surface area contributed by atoms with Gasteiger partial charge in [0.25, 0.3) is 0 Å². The van der Waals surface area contributed by atoms with E-state index < -0.39 is 0 Å². The Hall–Kier alpha value is -4.92. The van der Waals surface area contributed by atoms with Gasteiger partial charge in [0.1, 0.15) is 30.9 Å². The highest BCUT2D eigenvalue weighted by Gasteiger charge is 2.36. The van der Waals surface area contributed by atoms with E-state index in [1.165, 1.54) is 5.56 Å². The maximum absolute atomic E-state index is 13.2. The zero-order chi connectivity index (χ0) is 42.7. The van der Waals surface area contributed by atoms with Gasteiger partial charge in [-0.25, -0.2) is 0 Å². The third-order valence-corrected chi connectivity index (χ3v) is 12.1. The van der Waals surface area contributed by atoms with E-state index in [0.29, 0.717) is 71.1 Å². The largest absolute Gasteiger partial charge is 0.491 e. The van der Waals surface area contributed by atoms with Gasteiger partial charge in [0.15, 0.2) is 11.6 Å². The Labute approximate surface area is 357 Å². The van der Waals surface area contributed by atoms with Crippen LogP contribution in [0.2, 0.25) is 0 Å². The van der Waals surface area contributed by atoms with Crippen molar-refractivity contribution in [2.24, 2.45) is 23.7 Å². The Morgan fingerprint density at radius 2 is 1.03 bits per heavy atom. The quantitative estimate of drug-likeness (QED) is 0.0493. The number of hydrogen-bond acceptors (Lipinski definition) is 8. The molecule has 4 aromatic rings. The lowest BCUT2D eigenvalue weighted by atomic mass is 9.64. The van der Waals surface area contributed by atoms with Gasteiger partial charge >= 0.3 is 5.97 Å². The van der Waals surface area contributed by atoms with Gasteiger partial charge in [-0.15, -0.1) is 0 Å². The van der Waals surface area contributed by atoms with Crippen molar-refractivity contribution in [1.29, 1.82) is 0 Å². The zero-order valence-electron chi connectivity index (χ0n) is 36.0. The molecular formula is C52H64O8. The second-order valence-corrected chi connectivity index (χ2v) is 16.2. The Balaban J connectivity index is 0.00000336. The average Bonchev–Trinajstić information content (AvgIpc) is 3.29. The SMILES string of the molecule is CC.COCC(COc1ccc(C(=O)c2ccccc2)cc1)OCCOC(=O)CC1CCC(C(c2ccc(C(=O)c3ccccc3)cc2)C2CCC(CC(C)=O)CC2)CC1. The average molecular weight is 817 g/mol. The first kappa shape index (κ1) is 46.2. The Morgan fingerprint density at radius 3 is 1.52 bits per heavy atom. The maximum atomic E-state index is 13.2. The van der Waals surface area contributed by atoms with Gasteiger partial charge in [0, 0.05) is 42.2 Å². The molecule has 60 heavy (non-hydrogen) atoms. The van der Waals surface area contributed by atoms with Crippen molar-refractivity contribution in [1.82, 2.24) is 0 Å². The van der Waals surface area contributed by atoms with Crippen LogP contribution in [0.5, 0.6) is 5.75 Å². The highest BCUT2D eigenvalue weighted by Crippen LogP contribution is 2.48. The van der Waals surface area contributed by atoms with Crippen molar-refractivity contribution in [3.05, 3.63) is 137 Å². The summed E-state index contributed by atoms with van der Waals surface area (Å²) in [6, 6.07) is 33.9. The number of benzene rings is 4. The van der Waals surface area contributed by atoms with E-state index in [4.69, 9.17) is 18.9 Å². The number of esters is 1. The molecule has 2 atom stereocenters. The van der Waals surface area contributed by atoms with E-state index >= 15 is 0 Å². The van der Waals surface area contributed by atoms with Gasteiger partial charge in [0.2, 0.25) is 0 Å². The van der Waals surface area contributed by atoms with Crippen LogP contribution in [0.4, 0.5) is 0 Å². The molecule has 0 saturated heterocycles. The van der Waals surface area contributed by atoms with Gasteiger partial charge < -0.3 is 23.7 Å². The van der Waals surface area contributed by atoms with Crippen LogP contribution in [-0.4, -0.2) is 63.0 Å². The number of carbonyl (C=O) groups is 4. The number of rotatable bonds is 20. The maximum Gasteiger partial charge on any atom is 0.306 e. The smallest absolute Gasteiger partial charge is 0.306 e. The lowest BCUT2D eigenvalue weighted by molar-refractivity contribution is -0.148. The van der Waals surface area contributed by atoms with Crippen molar-refractivity contribution in [2.45, 2.75) is 97.0 Å². The molecule has 0 radical (unpaired) electrons. The monoisotopic (exact) mass is 816 g/mol. The van der Waals surface area contributed by atoms with Crippen LogP contribution in [0.1, 0.15) is 128 Å². The number of hydrogen-bond donors (Lipinski definition) is 0. The Kier molecular flexibility index (Phi) is 18.7. The summed E-state index contributed by atoms with van der Waals surface area (Å²) in [5.74, 6) is 2.88. The van der Waals surface area contributed by atoms with Crippen LogP contribution in [0.25, 0.3) is 0 Å². The molecule has 8 heteroatoms. The number of methoxy groups -OCH3 is 1. The zero-order valence-corrected chi connectivity index (χ0v) is 36.0. The summed E-state index contributed by atoms with van der Waals surface area (Å²) in [7, 11) is 1.60. The number of ketones is 3. The molecule has 0 spiro atoms. The summed E-state index contributed by atoms with van der Waals surface area (Å²) in [5.41, 5.74) is 3.92. The fourth-order valence-corrected chi connectivity index (χ4v) is 9.09. The van der Waals surface area contributed by atoms with Crippen LogP contribution < -0.4 is 4.74 Å². The van der Waals surface area contributed by atoms with E-state index in [-0.39, 0.29) is 55.2 Å². The molecule has 0 heterocycles. The van der Waals surface area contributed by atoms with Gasteiger partial charge in [-0.05, 0) is 118 Å². The van der Waals surface area contributed by atoms with Gasteiger partial charge in [-0.1, -0.05) is 98.8 Å². The van der Waals surface area contributed by atoms with Crippen LogP contribution in [0.3, 0.4) is 0 Å². The van der Waals surface area contributed by atoms with Gasteiger partial charge in [-0.3, -0.25) is 14.4 Å². The molecule has 0 aliphatic heterocycles. The van der Waals surface area contributed by atoms with Gasteiger partial charge in [-0.2, -0.15) is 0 Å². The minimum absolute atomic E-state index is 0.0354. The van der Waals surface area contributed by atoms with E-state index in [9.17, 15) is 19.2 Å². The normalized spacial score (nSPS) is 19.8. The standard InChI is InChI=1S/C50H58O8.C2H6/c1-35(51)31-36-13-17-38(18-14-36)48(40-21-23-43(24-22-40)49(53)41-9-5-3-6-10-41)39-19-15-37(16-20-39)32-47(52)57-30-29-56-46(33-55-2)34-58-45-27-25-44(26-28-45)50(54)42-11-7-4-8-12-42;1-2/h3-12,21-28,36-39,46,48H,13-20,29-34H2,1-2H3;1-2H3. The molecule has 2 aliphatic carbocycles. The molecule has 2 fully saturated rings. The van der Waals surface area contributed by atoms with Gasteiger partial charge in [0.05, 0.1) is 13.2 Å². The van der Waals surface area contributed by atoms with Crippen molar-refractivity contribution >= 4 is 23.3 Å². The van der Waals surface area contributed by atoms with E-state index in [1.807, 2.05) is 74.5 Å². The summed E-state index contributed by atoms with van der Waals surface area (Å²) in [5, 5.41) is 0. The predicted octanol–water partition coefficient (Wildman–Crippen LogP) is 10.9. The van der Waals surface area contributed by atoms with E-state index in [2.05, 4.69) is 12.1 Å². The van der Waals surface area contributed by atoms with Crippen LogP contribution >= 0.6 is 0 Å². The van der Waals surface area contributed by atoms with E-state index in [0.717, 1.165) is 51.4 Å². The number of carbonyl (C=O) groups excluding carboxylic acids is 4. The molecule has 4 aromatic carbocycles.